The first kappa shape index (κ1) is 66.4. The van der Waals surface area contributed by atoms with E-state index in [-0.39, 0.29) is 31.1 Å². The second kappa shape index (κ2) is 54.7. The second-order valence-corrected chi connectivity index (χ2v) is 22.1. The molecule has 0 N–H and O–H groups in total. The van der Waals surface area contributed by atoms with Crippen molar-refractivity contribution in [1.82, 2.24) is 0 Å². The average molecular weight is 962 g/mol. The number of carbonyl (C=O) groups excluding carboxylic acids is 3. The van der Waals surface area contributed by atoms with E-state index in [1.54, 1.807) is 0 Å². The van der Waals surface area contributed by atoms with Gasteiger partial charge in [-0.2, -0.15) is 0 Å². The van der Waals surface area contributed by atoms with E-state index in [1.807, 2.05) is 0 Å². The van der Waals surface area contributed by atoms with Crippen LogP contribution in [0.3, 0.4) is 0 Å². The molecule has 0 saturated heterocycles. The maximum atomic E-state index is 12.9. The third kappa shape index (κ3) is 53.8. The van der Waals surface area contributed by atoms with Crippen molar-refractivity contribution in [1.29, 1.82) is 0 Å². The summed E-state index contributed by atoms with van der Waals surface area (Å²) in [5, 5.41) is 0. The Bertz CT molecular complexity index is 1040. The molecule has 0 fully saturated rings. The van der Waals surface area contributed by atoms with E-state index in [0.29, 0.717) is 19.3 Å². The maximum absolute atomic E-state index is 12.9. The zero-order valence-electron chi connectivity index (χ0n) is 46.7. The zero-order valence-corrected chi connectivity index (χ0v) is 46.7. The van der Waals surface area contributed by atoms with Crippen LogP contribution in [0.2, 0.25) is 0 Å². The lowest BCUT2D eigenvalue weighted by molar-refractivity contribution is -0.167. The molecular weight excluding hydrogens is 841 g/mol. The largest absolute Gasteiger partial charge is 0.462 e. The molecule has 0 aromatic rings. The Kier molecular flexibility index (Phi) is 53.5. The summed E-state index contributed by atoms with van der Waals surface area (Å²) in [5.41, 5.74) is 0. The van der Waals surface area contributed by atoms with E-state index < -0.39 is 6.10 Å². The molecule has 1 unspecified atom stereocenters. The molecule has 0 amide bonds. The van der Waals surface area contributed by atoms with Crippen LogP contribution in [-0.2, 0) is 28.6 Å². The Balaban J connectivity index is 4.26. The third-order valence-electron chi connectivity index (χ3n) is 14.6. The van der Waals surface area contributed by atoms with E-state index >= 15 is 0 Å². The van der Waals surface area contributed by atoms with Gasteiger partial charge in [0.25, 0.3) is 0 Å². The Morgan fingerprint density at radius 2 is 0.559 bits per heavy atom. The summed E-state index contributed by atoms with van der Waals surface area (Å²) in [7, 11) is 0. The van der Waals surface area contributed by atoms with Crippen LogP contribution in [0.4, 0.5) is 0 Å². The van der Waals surface area contributed by atoms with Gasteiger partial charge in [-0.15, -0.1) is 0 Å². The van der Waals surface area contributed by atoms with Crippen molar-refractivity contribution in [2.45, 2.75) is 355 Å². The van der Waals surface area contributed by atoms with Crippen LogP contribution in [0.1, 0.15) is 349 Å². The van der Waals surface area contributed by atoms with Crippen molar-refractivity contribution in [2.24, 2.45) is 11.8 Å². The van der Waals surface area contributed by atoms with Crippen molar-refractivity contribution in [2.75, 3.05) is 13.2 Å². The Morgan fingerprint density at radius 3 is 0.838 bits per heavy atom. The SMILES string of the molecule is CCCCCCCCCCCCCCCCCCCCCC(=O)OC[C@@H](COC(=O)CCCCCCCCCCCCCCCCC(C)CC)OC(=O)CCCCCCCCCCCCC(C)C. The third-order valence-corrected chi connectivity index (χ3v) is 14.6. The molecule has 404 valence electrons. The molecule has 68 heavy (non-hydrogen) atoms. The normalized spacial score (nSPS) is 12.4. The summed E-state index contributed by atoms with van der Waals surface area (Å²) in [6, 6.07) is 0. The van der Waals surface area contributed by atoms with Crippen LogP contribution in [0.5, 0.6) is 0 Å². The fourth-order valence-corrected chi connectivity index (χ4v) is 9.55. The van der Waals surface area contributed by atoms with Gasteiger partial charge in [-0.3, -0.25) is 14.4 Å². The number of esters is 3. The summed E-state index contributed by atoms with van der Waals surface area (Å²) < 4.78 is 16.9. The highest BCUT2D eigenvalue weighted by atomic mass is 16.6. The zero-order chi connectivity index (χ0) is 49.6. The minimum absolute atomic E-state index is 0.0625. The van der Waals surface area contributed by atoms with Crippen molar-refractivity contribution in [3.05, 3.63) is 0 Å². The summed E-state index contributed by atoms with van der Waals surface area (Å²) in [5.74, 6) is 0.875. The Labute approximate surface area is 425 Å². The van der Waals surface area contributed by atoms with Crippen molar-refractivity contribution >= 4 is 17.9 Å². The topological polar surface area (TPSA) is 78.9 Å². The summed E-state index contributed by atoms with van der Waals surface area (Å²) in [6.07, 6.45) is 59.5. The standard InChI is InChI=1S/C62H120O6/c1-6-8-9-10-11-12-13-14-15-16-17-18-19-23-26-32-37-42-47-52-60(63)66-55-59(68-62(65)54-49-44-39-34-29-28-30-35-40-45-50-57(3)4)56-67-61(64)53-48-43-38-33-27-24-21-20-22-25-31-36-41-46-51-58(5)7-2/h57-59H,6-56H2,1-5H3/t58?,59-/m0/s1. The van der Waals surface area contributed by atoms with Gasteiger partial charge in [0.2, 0.25) is 0 Å². The molecule has 0 aromatic carbocycles. The first-order chi connectivity index (χ1) is 33.3. The van der Waals surface area contributed by atoms with Gasteiger partial charge < -0.3 is 14.2 Å². The number of rotatable bonds is 56. The molecule has 0 aliphatic carbocycles. The summed E-state index contributed by atoms with van der Waals surface area (Å²) >= 11 is 0. The molecule has 0 bridgehead atoms. The Hall–Kier alpha value is -1.59. The number of hydrogen-bond acceptors (Lipinski definition) is 6. The molecule has 0 radical (unpaired) electrons. The highest BCUT2D eigenvalue weighted by Gasteiger charge is 2.19. The van der Waals surface area contributed by atoms with Crippen molar-refractivity contribution < 1.29 is 28.6 Å². The highest BCUT2D eigenvalue weighted by Crippen LogP contribution is 2.19. The molecule has 6 heteroatoms. The van der Waals surface area contributed by atoms with Gasteiger partial charge in [0.1, 0.15) is 13.2 Å². The molecule has 0 aliphatic heterocycles. The first-order valence-corrected chi connectivity index (χ1v) is 30.8. The van der Waals surface area contributed by atoms with Crippen LogP contribution in [-0.4, -0.2) is 37.2 Å². The van der Waals surface area contributed by atoms with E-state index in [0.717, 1.165) is 69.6 Å². The predicted octanol–water partition coefficient (Wildman–Crippen LogP) is 20.4. The van der Waals surface area contributed by atoms with Crippen molar-refractivity contribution in [3.63, 3.8) is 0 Å². The molecule has 0 rings (SSSR count). The molecule has 0 aliphatic rings. The monoisotopic (exact) mass is 961 g/mol. The fourth-order valence-electron chi connectivity index (χ4n) is 9.55. The molecule has 0 heterocycles. The lowest BCUT2D eigenvalue weighted by atomic mass is 9.99. The molecule has 0 spiro atoms. The quantitative estimate of drug-likeness (QED) is 0.0343. The summed E-state index contributed by atoms with van der Waals surface area (Å²) in [4.78, 5) is 38.2. The molecule has 2 atom stereocenters. The van der Waals surface area contributed by atoms with Gasteiger partial charge in [0.05, 0.1) is 0 Å². The van der Waals surface area contributed by atoms with E-state index in [2.05, 4.69) is 34.6 Å². The number of hydrogen-bond donors (Lipinski definition) is 0. The van der Waals surface area contributed by atoms with Gasteiger partial charge in [-0.25, -0.2) is 0 Å². The van der Waals surface area contributed by atoms with E-state index in [1.165, 1.54) is 238 Å². The van der Waals surface area contributed by atoms with Gasteiger partial charge in [0.15, 0.2) is 6.10 Å². The van der Waals surface area contributed by atoms with Crippen LogP contribution >= 0.6 is 0 Å². The fraction of sp³-hybridized carbons (Fsp3) is 0.952. The Morgan fingerprint density at radius 1 is 0.309 bits per heavy atom. The van der Waals surface area contributed by atoms with Gasteiger partial charge in [-0.05, 0) is 31.1 Å². The lowest BCUT2D eigenvalue weighted by Crippen LogP contribution is -2.30. The minimum atomic E-state index is -0.763. The predicted molar refractivity (Wildman–Crippen MR) is 293 cm³/mol. The average Bonchev–Trinajstić information content (AvgIpc) is 3.32. The molecule has 6 nitrogen and oxygen atoms in total. The van der Waals surface area contributed by atoms with Crippen LogP contribution in [0, 0.1) is 11.8 Å². The number of unbranched alkanes of at least 4 members (excludes halogenated alkanes) is 40. The first-order valence-electron chi connectivity index (χ1n) is 30.8. The smallest absolute Gasteiger partial charge is 0.306 e. The lowest BCUT2D eigenvalue weighted by Gasteiger charge is -2.18. The van der Waals surface area contributed by atoms with E-state index in [4.69, 9.17) is 14.2 Å². The maximum Gasteiger partial charge on any atom is 0.306 e. The van der Waals surface area contributed by atoms with Gasteiger partial charge >= 0.3 is 17.9 Å². The van der Waals surface area contributed by atoms with E-state index in [9.17, 15) is 14.4 Å². The number of carbonyl (C=O) groups is 3. The number of ether oxygens (including phenoxy) is 3. The molecule has 0 aromatic heterocycles. The summed E-state index contributed by atoms with van der Waals surface area (Å²) in [6.45, 7) is 11.5. The van der Waals surface area contributed by atoms with Crippen LogP contribution < -0.4 is 0 Å². The molecule has 0 saturated carbocycles. The van der Waals surface area contributed by atoms with Crippen LogP contribution in [0.25, 0.3) is 0 Å². The van der Waals surface area contributed by atoms with Crippen LogP contribution in [0.15, 0.2) is 0 Å². The molecular formula is C62H120O6. The van der Waals surface area contributed by atoms with Gasteiger partial charge in [0, 0.05) is 19.3 Å². The van der Waals surface area contributed by atoms with Gasteiger partial charge in [-0.1, -0.05) is 311 Å². The minimum Gasteiger partial charge on any atom is -0.462 e. The highest BCUT2D eigenvalue weighted by molar-refractivity contribution is 5.71. The van der Waals surface area contributed by atoms with Crippen molar-refractivity contribution in [3.8, 4) is 0 Å². The second-order valence-electron chi connectivity index (χ2n) is 22.1.